The maximum absolute atomic E-state index is 11.4. The predicted octanol–water partition coefficient (Wildman–Crippen LogP) is 7.04. The Bertz CT molecular complexity index is 321. The molecule has 26 heavy (non-hydrogen) atoms. The van der Waals surface area contributed by atoms with Gasteiger partial charge in [-0.2, -0.15) is 0 Å². The first kappa shape index (κ1) is 21.7. The Morgan fingerprint density at radius 2 is 1.08 bits per heavy atom. The molecule has 3 nitrogen and oxygen atoms in total. The highest BCUT2D eigenvalue weighted by Crippen LogP contribution is 2.12. The predicted molar refractivity (Wildman–Crippen MR) is 114 cm³/mol. The molecule has 0 bridgehead atoms. The first-order valence-electron chi connectivity index (χ1n) is 12.6. The molecular weight excluding hydrogens is 322 g/mol. The van der Waals surface area contributed by atoms with E-state index in [1.165, 1.54) is 77.0 Å². The Morgan fingerprint density at radius 1 is 0.731 bits per heavy atom. The minimum absolute atomic E-state index is 0.380. The Morgan fingerprint density at radius 3 is 1.42 bits per heavy atom. The number of hydrogen-bond donors (Lipinski definition) is 1. The second-order valence-electron chi connectivity index (χ2n) is 7.71. The van der Waals surface area contributed by atoms with Crippen molar-refractivity contribution < 1.29 is 12.6 Å². The van der Waals surface area contributed by atoms with Crippen molar-refractivity contribution in [2.45, 2.75) is 129 Å². The van der Waals surface area contributed by atoms with Crippen molar-refractivity contribution in [3.05, 3.63) is 0 Å². The molecule has 0 radical (unpaired) electrons. The molecule has 0 heterocycles. The Balaban J connectivity index is 3.76. The molecule has 156 valence electrons. The van der Waals surface area contributed by atoms with Crippen LogP contribution in [0.4, 0.5) is 0 Å². The third-order valence-electron chi connectivity index (χ3n) is 5.30. The van der Waals surface area contributed by atoms with E-state index in [0.29, 0.717) is 13.8 Å². The van der Waals surface area contributed by atoms with Crippen LogP contribution in [0.3, 0.4) is 0 Å². The lowest BCUT2D eigenvalue weighted by atomic mass is 10.1. The van der Waals surface area contributed by atoms with E-state index in [1.54, 1.807) is 0 Å². The van der Waals surface area contributed by atoms with Crippen LogP contribution >= 0.6 is 0 Å². The van der Waals surface area contributed by atoms with Gasteiger partial charge in [0, 0.05) is 2.74 Å². The van der Waals surface area contributed by atoms with Crippen LogP contribution in [0, 0.1) is 0 Å². The molecule has 0 aromatic heterocycles. The number of rotatable bonds is 20. The molecule has 1 atom stereocenters. The first-order chi connectivity index (χ1) is 13.6. The average Bonchev–Trinajstić information content (AvgIpc) is 2.69. The fourth-order valence-corrected chi connectivity index (χ4v) is 3.41. The van der Waals surface area contributed by atoms with Crippen LogP contribution in [0.15, 0.2) is 0 Å². The summed E-state index contributed by atoms with van der Waals surface area (Å²) in [5, 5.41) is 9.37. The second kappa shape index (κ2) is 19.2. The number of unbranched alkanes of at least 4 members (excludes halogenated alkanes) is 14. The maximum atomic E-state index is 11.4. The largest absolute Gasteiger partial charge is 0.480 e. The average molecular weight is 372 g/mol. The van der Waals surface area contributed by atoms with Crippen molar-refractivity contribution in [3.8, 4) is 0 Å². The summed E-state index contributed by atoms with van der Waals surface area (Å²) in [6, 6.07) is -0.380. The molecule has 1 N–H and O–H groups in total. The molecule has 0 unspecified atom stereocenters. The molecular formula is C23H47NO2. The summed E-state index contributed by atoms with van der Waals surface area (Å²) in [6.45, 7) is 4.74. The normalized spacial score (nSPS) is 13.6. The van der Waals surface area contributed by atoms with Crippen LogP contribution in [0.1, 0.15) is 126 Å². The minimum Gasteiger partial charge on any atom is -0.480 e. The number of nitrogens with zero attached hydrogens (tertiary/aromatic N) is 1. The summed E-state index contributed by atoms with van der Waals surface area (Å²) in [7, 11) is 0. The van der Waals surface area contributed by atoms with Gasteiger partial charge in [-0.05, 0) is 32.9 Å². The summed E-state index contributed by atoms with van der Waals surface area (Å²) >= 11 is 0. The van der Waals surface area contributed by atoms with Gasteiger partial charge in [0.05, 0.1) is 0 Å². The van der Waals surface area contributed by atoms with E-state index < -0.39 is 5.97 Å². The number of hydrogen-bond acceptors (Lipinski definition) is 2. The summed E-state index contributed by atoms with van der Waals surface area (Å²) in [5.41, 5.74) is 0. The van der Waals surface area contributed by atoms with Crippen molar-refractivity contribution in [2.24, 2.45) is 0 Å². The van der Waals surface area contributed by atoms with Crippen LogP contribution < -0.4 is 0 Å². The van der Waals surface area contributed by atoms with Crippen LogP contribution in [0.2, 0.25) is 0 Å². The van der Waals surface area contributed by atoms with Crippen LogP contribution in [-0.4, -0.2) is 35.1 Å². The molecule has 0 rings (SSSR count). The molecule has 0 amide bonds. The zero-order chi connectivity index (χ0) is 20.9. The van der Waals surface area contributed by atoms with Gasteiger partial charge in [-0.3, -0.25) is 9.69 Å². The van der Waals surface area contributed by atoms with Crippen molar-refractivity contribution >= 4 is 5.97 Å². The molecule has 0 aromatic carbocycles. The third-order valence-corrected chi connectivity index (χ3v) is 5.30. The highest BCUT2D eigenvalue weighted by molar-refractivity contribution is 5.72. The fraction of sp³-hybridized carbons (Fsp3) is 0.957. The maximum Gasteiger partial charge on any atom is 0.320 e. The SMILES string of the molecule is [2H]CCCCCCCCCCN(CCCCCCCCCC[2H])[C@@H](C)C(=O)O. The van der Waals surface area contributed by atoms with Gasteiger partial charge in [0.1, 0.15) is 6.04 Å². The standard InChI is InChI=1S/C23H47NO2/c1-4-6-8-10-12-14-16-18-20-24(22(3)23(25)26)21-19-17-15-13-11-9-7-5-2/h22H,4-21H2,1-3H3,(H,25,26)/t22-/m0/s1/i1D,2D. The number of carboxylic acid groups (broad SMARTS) is 1. The Hall–Kier alpha value is -0.570. The van der Waals surface area contributed by atoms with E-state index in [4.69, 9.17) is 2.74 Å². The van der Waals surface area contributed by atoms with Crippen LogP contribution in [0.5, 0.6) is 0 Å². The first-order valence-corrected chi connectivity index (χ1v) is 11.2. The van der Waals surface area contributed by atoms with E-state index in [0.717, 1.165) is 38.8 Å². The van der Waals surface area contributed by atoms with Gasteiger partial charge < -0.3 is 5.11 Å². The molecule has 0 aliphatic carbocycles. The molecule has 0 aromatic rings. The second-order valence-corrected chi connectivity index (χ2v) is 7.71. The molecule has 0 aliphatic rings. The van der Waals surface area contributed by atoms with Gasteiger partial charge in [0.2, 0.25) is 0 Å². The molecule has 0 fully saturated rings. The topological polar surface area (TPSA) is 40.5 Å². The van der Waals surface area contributed by atoms with Gasteiger partial charge >= 0.3 is 5.97 Å². The van der Waals surface area contributed by atoms with Gasteiger partial charge in [-0.25, -0.2) is 0 Å². The van der Waals surface area contributed by atoms with E-state index in [-0.39, 0.29) is 6.04 Å². The van der Waals surface area contributed by atoms with Gasteiger partial charge in [-0.15, -0.1) is 0 Å². The van der Waals surface area contributed by atoms with Crippen LogP contribution in [0.25, 0.3) is 0 Å². The minimum atomic E-state index is -0.705. The molecule has 0 aliphatic heterocycles. The van der Waals surface area contributed by atoms with E-state index in [9.17, 15) is 9.90 Å². The van der Waals surface area contributed by atoms with Crippen molar-refractivity contribution in [1.29, 1.82) is 0 Å². The van der Waals surface area contributed by atoms with Gasteiger partial charge in [0.25, 0.3) is 0 Å². The highest BCUT2D eigenvalue weighted by atomic mass is 16.4. The number of carboxylic acids is 1. The summed E-state index contributed by atoms with van der Waals surface area (Å²) in [5.74, 6) is -0.705. The monoisotopic (exact) mass is 371 g/mol. The Kier molecular flexibility index (Phi) is 16.0. The third kappa shape index (κ3) is 15.7. The number of aliphatic carboxylic acids is 1. The smallest absolute Gasteiger partial charge is 0.320 e. The molecule has 0 saturated carbocycles. The van der Waals surface area contributed by atoms with Crippen molar-refractivity contribution in [2.75, 3.05) is 13.1 Å². The van der Waals surface area contributed by atoms with E-state index in [2.05, 4.69) is 4.90 Å². The quantitative estimate of drug-likeness (QED) is 0.233. The lowest BCUT2D eigenvalue weighted by Crippen LogP contribution is -2.40. The lowest BCUT2D eigenvalue weighted by molar-refractivity contribution is -0.142. The summed E-state index contributed by atoms with van der Waals surface area (Å²) in [6.07, 6.45) is 19.1. The van der Waals surface area contributed by atoms with E-state index in [1.807, 2.05) is 6.92 Å². The molecule has 3 heteroatoms. The Labute approximate surface area is 166 Å². The van der Waals surface area contributed by atoms with Gasteiger partial charge in [-0.1, -0.05) is 104 Å². The van der Waals surface area contributed by atoms with Gasteiger partial charge in [0.15, 0.2) is 0 Å². The van der Waals surface area contributed by atoms with Crippen molar-refractivity contribution in [1.82, 2.24) is 4.90 Å². The zero-order valence-corrected chi connectivity index (χ0v) is 17.5. The zero-order valence-electron chi connectivity index (χ0n) is 19.5. The van der Waals surface area contributed by atoms with E-state index >= 15 is 0 Å². The molecule has 0 saturated heterocycles. The summed E-state index contributed by atoms with van der Waals surface area (Å²) in [4.78, 5) is 13.6. The highest BCUT2D eigenvalue weighted by Gasteiger charge is 2.19. The summed E-state index contributed by atoms with van der Waals surface area (Å²) < 4.78 is 14.3. The fourth-order valence-electron chi connectivity index (χ4n) is 3.41. The lowest BCUT2D eigenvalue weighted by Gasteiger charge is -2.26. The van der Waals surface area contributed by atoms with Crippen LogP contribution in [-0.2, 0) is 4.79 Å². The van der Waals surface area contributed by atoms with Crippen molar-refractivity contribution in [3.63, 3.8) is 0 Å². The number of carbonyl (C=O) groups is 1. The molecule has 0 spiro atoms.